The number of ether oxygens (including phenoxy) is 1. The van der Waals surface area contributed by atoms with Crippen molar-refractivity contribution in [1.29, 1.82) is 0 Å². The van der Waals surface area contributed by atoms with Crippen LogP contribution in [0.15, 0.2) is 42.7 Å². The molecule has 5 nitrogen and oxygen atoms in total. The first-order chi connectivity index (χ1) is 10.00. The second-order valence-corrected chi connectivity index (χ2v) is 5.94. The van der Waals surface area contributed by atoms with Crippen molar-refractivity contribution < 1.29 is 14.6 Å². The van der Waals surface area contributed by atoms with Crippen LogP contribution in [0.3, 0.4) is 0 Å². The SMILES string of the molecule is COc1cnn(C2(C(=O)O)CC(C)(c3ccccc3)C2)c1. The van der Waals surface area contributed by atoms with E-state index in [9.17, 15) is 9.90 Å². The molecule has 1 heterocycles. The lowest BCUT2D eigenvalue weighted by Crippen LogP contribution is -2.59. The summed E-state index contributed by atoms with van der Waals surface area (Å²) in [6.45, 7) is 2.10. The maximum Gasteiger partial charge on any atom is 0.331 e. The van der Waals surface area contributed by atoms with E-state index in [1.165, 1.54) is 10.2 Å². The third kappa shape index (κ3) is 2.00. The van der Waals surface area contributed by atoms with E-state index < -0.39 is 11.5 Å². The fourth-order valence-electron chi connectivity index (χ4n) is 3.34. The van der Waals surface area contributed by atoms with E-state index in [0.717, 1.165) is 0 Å². The second-order valence-electron chi connectivity index (χ2n) is 5.94. The zero-order chi connectivity index (χ0) is 15.1. The van der Waals surface area contributed by atoms with Gasteiger partial charge in [-0.2, -0.15) is 5.10 Å². The van der Waals surface area contributed by atoms with Crippen LogP contribution >= 0.6 is 0 Å². The summed E-state index contributed by atoms with van der Waals surface area (Å²) in [5.74, 6) is -0.273. The summed E-state index contributed by atoms with van der Waals surface area (Å²) in [7, 11) is 1.55. The van der Waals surface area contributed by atoms with Gasteiger partial charge in [-0.25, -0.2) is 4.79 Å². The Kier molecular flexibility index (Phi) is 3.01. The minimum atomic E-state index is -0.985. The van der Waals surface area contributed by atoms with Gasteiger partial charge in [0.05, 0.1) is 19.5 Å². The van der Waals surface area contributed by atoms with Gasteiger partial charge >= 0.3 is 5.97 Å². The molecule has 0 atom stereocenters. The summed E-state index contributed by atoms with van der Waals surface area (Å²) < 4.78 is 6.63. The molecule has 21 heavy (non-hydrogen) atoms. The predicted molar refractivity (Wildman–Crippen MR) is 77.4 cm³/mol. The molecule has 0 radical (unpaired) electrons. The Morgan fingerprint density at radius 1 is 1.33 bits per heavy atom. The molecule has 1 aliphatic carbocycles. The van der Waals surface area contributed by atoms with Crippen LogP contribution in [0.4, 0.5) is 0 Å². The van der Waals surface area contributed by atoms with Crippen LogP contribution in [0.25, 0.3) is 0 Å². The van der Waals surface area contributed by atoms with Crippen LogP contribution in [0.2, 0.25) is 0 Å². The van der Waals surface area contributed by atoms with Gasteiger partial charge in [0.2, 0.25) is 0 Å². The number of aromatic nitrogens is 2. The molecule has 5 heteroatoms. The third-order valence-corrected chi connectivity index (χ3v) is 4.47. The quantitative estimate of drug-likeness (QED) is 0.937. The molecule has 0 aliphatic heterocycles. The highest BCUT2D eigenvalue weighted by atomic mass is 16.5. The Morgan fingerprint density at radius 2 is 2.00 bits per heavy atom. The fraction of sp³-hybridized carbons (Fsp3) is 0.375. The Hall–Kier alpha value is -2.30. The van der Waals surface area contributed by atoms with Crippen LogP contribution in [-0.4, -0.2) is 28.0 Å². The van der Waals surface area contributed by atoms with E-state index in [4.69, 9.17) is 4.74 Å². The number of carbonyl (C=O) groups is 1. The highest BCUT2D eigenvalue weighted by Gasteiger charge is 2.59. The lowest BCUT2D eigenvalue weighted by atomic mass is 9.55. The van der Waals surface area contributed by atoms with Gasteiger partial charge in [0, 0.05) is 0 Å². The molecule has 3 rings (SSSR count). The van der Waals surface area contributed by atoms with Crippen molar-refractivity contribution in [2.75, 3.05) is 7.11 Å². The molecular formula is C16H18N2O3. The molecule has 1 saturated carbocycles. The van der Waals surface area contributed by atoms with E-state index in [1.54, 1.807) is 19.5 Å². The van der Waals surface area contributed by atoms with Crippen LogP contribution in [0.1, 0.15) is 25.3 Å². The molecule has 110 valence electrons. The molecule has 0 unspecified atom stereocenters. The van der Waals surface area contributed by atoms with Crippen molar-refractivity contribution in [2.45, 2.75) is 30.7 Å². The van der Waals surface area contributed by atoms with Crippen LogP contribution < -0.4 is 4.74 Å². The van der Waals surface area contributed by atoms with Crippen LogP contribution in [0.5, 0.6) is 5.75 Å². The Bertz CT molecular complexity index is 657. The summed E-state index contributed by atoms with van der Waals surface area (Å²) in [5, 5.41) is 13.9. The van der Waals surface area contributed by atoms with E-state index in [0.29, 0.717) is 18.6 Å². The summed E-state index contributed by atoms with van der Waals surface area (Å²) in [6, 6.07) is 10.0. The van der Waals surface area contributed by atoms with Gasteiger partial charge in [0.15, 0.2) is 11.3 Å². The zero-order valence-corrected chi connectivity index (χ0v) is 12.1. The second kappa shape index (κ2) is 4.62. The molecule has 1 N–H and O–H groups in total. The number of aliphatic carboxylic acids is 1. The first kappa shape index (κ1) is 13.7. The predicted octanol–water partition coefficient (Wildman–Crippen LogP) is 2.42. The maximum absolute atomic E-state index is 11.8. The Balaban J connectivity index is 1.92. The number of nitrogens with zero attached hydrogens (tertiary/aromatic N) is 2. The topological polar surface area (TPSA) is 64.4 Å². The minimum absolute atomic E-state index is 0.140. The molecule has 1 aromatic carbocycles. The molecule has 1 aliphatic rings. The van der Waals surface area contributed by atoms with Crippen molar-refractivity contribution >= 4 is 5.97 Å². The van der Waals surface area contributed by atoms with E-state index in [-0.39, 0.29) is 5.41 Å². The van der Waals surface area contributed by atoms with E-state index in [2.05, 4.69) is 24.2 Å². The largest absolute Gasteiger partial charge is 0.493 e. The normalized spacial score (nSPS) is 27.9. The molecule has 0 bridgehead atoms. The zero-order valence-electron chi connectivity index (χ0n) is 12.1. The van der Waals surface area contributed by atoms with Crippen molar-refractivity contribution in [3.63, 3.8) is 0 Å². The average Bonchev–Trinajstić information content (AvgIpc) is 2.93. The van der Waals surface area contributed by atoms with Gasteiger partial charge in [-0.15, -0.1) is 0 Å². The standard InChI is InChI=1S/C16H18N2O3/c1-15(12-6-4-3-5-7-12)10-16(11-15,14(19)20)18-9-13(21-2)8-17-18/h3-9H,10-11H2,1-2H3,(H,19,20). The van der Waals surface area contributed by atoms with Gasteiger partial charge in [-0.05, 0) is 23.8 Å². The van der Waals surface area contributed by atoms with E-state index in [1.807, 2.05) is 18.2 Å². The smallest absolute Gasteiger partial charge is 0.331 e. The third-order valence-electron chi connectivity index (χ3n) is 4.47. The van der Waals surface area contributed by atoms with Crippen LogP contribution in [-0.2, 0) is 15.7 Å². The molecule has 1 fully saturated rings. The van der Waals surface area contributed by atoms with Gasteiger partial charge < -0.3 is 9.84 Å². The Labute approximate surface area is 123 Å². The molecule has 0 spiro atoms. The summed E-state index contributed by atoms with van der Waals surface area (Å²) in [5.41, 5.74) is 0.0428. The van der Waals surface area contributed by atoms with Gasteiger partial charge in [-0.1, -0.05) is 37.3 Å². The number of hydrogen-bond acceptors (Lipinski definition) is 3. The molecule has 2 aromatic rings. The molecule has 0 saturated heterocycles. The fourth-order valence-corrected chi connectivity index (χ4v) is 3.34. The van der Waals surface area contributed by atoms with Crippen molar-refractivity contribution in [3.05, 3.63) is 48.3 Å². The number of carboxylic acid groups (broad SMARTS) is 1. The monoisotopic (exact) mass is 286 g/mol. The highest BCUT2D eigenvalue weighted by molar-refractivity contribution is 5.79. The number of rotatable bonds is 4. The number of methoxy groups -OCH3 is 1. The minimum Gasteiger partial charge on any atom is -0.493 e. The molecular weight excluding hydrogens is 268 g/mol. The highest BCUT2D eigenvalue weighted by Crippen LogP contribution is 2.54. The molecule has 1 aromatic heterocycles. The van der Waals surface area contributed by atoms with Crippen LogP contribution in [0, 0.1) is 0 Å². The van der Waals surface area contributed by atoms with Gasteiger partial charge in [0.1, 0.15) is 0 Å². The van der Waals surface area contributed by atoms with Crippen molar-refractivity contribution in [3.8, 4) is 5.75 Å². The first-order valence-electron chi connectivity index (χ1n) is 6.88. The Morgan fingerprint density at radius 3 is 2.52 bits per heavy atom. The number of carboxylic acids is 1. The summed E-state index contributed by atoms with van der Waals surface area (Å²) in [4.78, 5) is 11.8. The summed E-state index contributed by atoms with van der Waals surface area (Å²) in [6.07, 6.45) is 4.23. The van der Waals surface area contributed by atoms with Gasteiger partial charge in [-0.3, -0.25) is 4.68 Å². The molecule has 0 amide bonds. The van der Waals surface area contributed by atoms with E-state index >= 15 is 0 Å². The average molecular weight is 286 g/mol. The first-order valence-corrected chi connectivity index (χ1v) is 6.88. The van der Waals surface area contributed by atoms with Gasteiger partial charge in [0.25, 0.3) is 0 Å². The summed E-state index contributed by atoms with van der Waals surface area (Å²) >= 11 is 0. The van der Waals surface area contributed by atoms with Crippen molar-refractivity contribution in [2.24, 2.45) is 0 Å². The lowest BCUT2D eigenvalue weighted by molar-refractivity contribution is -0.158. The van der Waals surface area contributed by atoms with Crippen molar-refractivity contribution in [1.82, 2.24) is 9.78 Å². The maximum atomic E-state index is 11.8. The number of benzene rings is 1. The number of hydrogen-bond donors (Lipinski definition) is 1. The lowest BCUT2D eigenvalue weighted by Gasteiger charge is -2.52.